The fourth-order valence-corrected chi connectivity index (χ4v) is 4.32. The van der Waals surface area contributed by atoms with Crippen LogP contribution in [0.1, 0.15) is 67.2 Å². The Labute approximate surface area is 171 Å². The van der Waals surface area contributed by atoms with Gasteiger partial charge in [0.2, 0.25) is 0 Å². The van der Waals surface area contributed by atoms with Crippen molar-refractivity contribution in [1.29, 1.82) is 0 Å². The van der Waals surface area contributed by atoms with Gasteiger partial charge in [0.05, 0.1) is 22.3 Å². The number of aromatic nitrogens is 3. The molecule has 5 rings (SSSR count). The van der Waals surface area contributed by atoms with Crippen molar-refractivity contribution in [3.05, 3.63) is 53.3 Å². The highest BCUT2D eigenvalue weighted by Gasteiger charge is 2.33. The maximum Gasteiger partial charge on any atom is 0.254 e. The van der Waals surface area contributed by atoms with Crippen LogP contribution < -0.4 is 0 Å². The maximum atomic E-state index is 13.6. The molecule has 0 bridgehead atoms. The van der Waals surface area contributed by atoms with Crippen molar-refractivity contribution in [3.63, 3.8) is 0 Å². The topological polar surface area (TPSA) is 51.0 Å². The lowest BCUT2D eigenvalue weighted by molar-refractivity contribution is 0.0699. The Kier molecular flexibility index (Phi) is 4.61. The second-order valence-corrected chi connectivity index (χ2v) is 8.59. The van der Waals surface area contributed by atoms with Crippen LogP contribution in [0.15, 0.2) is 36.4 Å². The summed E-state index contributed by atoms with van der Waals surface area (Å²) in [4.78, 5) is 20.6. The van der Waals surface area contributed by atoms with E-state index in [1.165, 1.54) is 0 Å². The predicted octanol–water partition coefficient (Wildman–Crippen LogP) is 4.73. The minimum Gasteiger partial charge on any atom is -0.339 e. The quantitative estimate of drug-likeness (QED) is 0.649. The lowest BCUT2D eigenvalue weighted by Gasteiger charge is -2.30. The molecule has 0 unspecified atom stereocenters. The summed E-state index contributed by atoms with van der Waals surface area (Å²) in [6.07, 6.45) is 5.25. The molecule has 3 heterocycles. The van der Waals surface area contributed by atoms with Crippen molar-refractivity contribution >= 4 is 16.9 Å². The van der Waals surface area contributed by atoms with Crippen molar-refractivity contribution in [1.82, 2.24) is 19.7 Å². The van der Waals surface area contributed by atoms with Crippen LogP contribution in [0.5, 0.6) is 0 Å². The third-order valence-electron chi connectivity index (χ3n) is 6.35. The lowest BCUT2D eigenvalue weighted by Crippen LogP contribution is -2.38. The first-order valence-corrected chi connectivity index (χ1v) is 10.9. The van der Waals surface area contributed by atoms with E-state index in [1.54, 1.807) is 0 Å². The molecule has 5 nitrogen and oxygen atoms in total. The summed E-state index contributed by atoms with van der Waals surface area (Å²) in [5, 5.41) is 5.95. The molecule has 0 spiro atoms. The first-order chi connectivity index (χ1) is 14.2. The Hall–Kier alpha value is -2.69. The van der Waals surface area contributed by atoms with Gasteiger partial charge in [-0.05, 0) is 56.2 Å². The van der Waals surface area contributed by atoms with E-state index in [9.17, 15) is 4.79 Å². The van der Waals surface area contributed by atoms with E-state index in [2.05, 4.69) is 26.0 Å². The molecular weight excluding hydrogens is 360 g/mol. The summed E-state index contributed by atoms with van der Waals surface area (Å²) in [5.74, 6) is 1.30. The Balaban J connectivity index is 1.69. The Morgan fingerprint density at radius 3 is 2.48 bits per heavy atom. The van der Waals surface area contributed by atoms with Gasteiger partial charge in [0.1, 0.15) is 0 Å². The van der Waals surface area contributed by atoms with Gasteiger partial charge in [0, 0.05) is 24.7 Å². The number of pyridine rings is 1. The van der Waals surface area contributed by atoms with Gasteiger partial charge >= 0.3 is 0 Å². The summed E-state index contributed by atoms with van der Waals surface area (Å²) in [5.41, 5.74) is 4.62. The van der Waals surface area contributed by atoms with Crippen LogP contribution in [0, 0.1) is 5.92 Å². The monoisotopic (exact) mass is 388 g/mol. The van der Waals surface area contributed by atoms with E-state index in [0.29, 0.717) is 11.8 Å². The van der Waals surface area contributed by atoms with Crippen LogP contribution in [0.25, 0.3) is 16.7 Å². The fraction of sp³-hybridized carbons (Fsp3) is 0.458. The van der Waals surface area contributed by atoms with Crippen molar-refractivity contribution in [2.75, 3.05) is 13.1 Å². The number of amides is 1. The van der Waals surface area contributed by atoms with Crippen molar-refractivity contribution in [3.8, 4) is 5.69 Å². The molecule has 29 heavy (non-hydrogen) atoms. The van der Waals surface area contributed by atoms with E-state index >= 15 is 0 Å². The molecule has 1 aromatic carbocycles. The highest BCUT2D eigenvalue weighted by atomic mass is 16.2. The number of carbonyl (C=O) groups is 1. The third-order valence-corrected chi connectivity index (χ3v) is 6.35. The molecule has 0 radical (unpaired) electrons. The summed E-state index contributed by atoms with van der Waals surface area (Å²) >= 11 is 0. The average molecular weight is 389 g/mol. The number of hydrogen-bond donors (Lipinski definition) is 0. The first-order valence-electron chi connectivity index (χ1n) is 10.9. The van der Waals surface area contributed by atoms with E-state index in [4.69, 9.17) is 10.1 Å². The van der Waals surface area contributed by atoms with Gasteiger partial charge in [0.15, 0.2) is 5.65 Å². The molecule has 0 N–H and O–H groups in total. The molecule has 3 aromatic rings. The first kappa shape index (κ1) is 18.3. The SMILES string of the molecule is CCc1cc(C(=O)N2CCC(C)CC2)c2c(C3CC3)nn(-c3ccccc3)c2n1. The number of para-hydroxylation sites is 1. The lowest BCUT2D eigenvalue weighted by atomic mass is 9.97. The number of aryl methyl sites for hydroxylation is 1. The smallest absolute Gasteiger partial charge is 0.254 e. The standard InChI is InChI=1S/C24H28N4O/c1-3-18-15-20(24(29)27-13-11-16(2)12-14-27)21-22(17-9-10-17)26-28(23(21)25-18)19-7-5-4-6-8-19/h4-8,15-17H,3,9-14H2,1-2H3. The molecule has 5 heteroatoms. The fourth-order valence-electron chi connectivity index (χ4n) is 4.32. The van der Waals surface area contributed by atoms with Crippen molar-refractivity contribution in [2.45, 2.75) is 51.9 Å². The number of fused-ring (bicyclic) bond motifs is 1. The van der Waals surface area contributed by atoms with Crippen LogP contribution in [0.2, 0.25) is 0 Å². The summed E-state index contributed by atoms with van der Waals surface area (Å²) in [6.45, 7) is 6.06. The van der Waals surface area contributed by atoms with Gasteiger partial charge < -0.3 is 4.90 Å². The van der Waals surface area contributed by atoms with Crippen molar-refractivity contribution in [2.24, 2.45) is 5.92 Å². The zero-order valence-electron chi connectivity index (χ0n) is 17.3. The van der Waals surface area contributed by atoms with Crippen LogP contribution in [-0.4, -0.2) is 38.7 Å². The number of likely N-dealkylation sites (tertiary alicyclic amines) is 1. The molecule has 150 valence electrons. The molecule has 2 aliphatic rings. The number of carbonyl (C=O) groups excluding carboxylic acids is 1. The number of benzene rings is 1. The highest BCUT2D eigenvalue weighted by molar-refractivity contribution is 6.07. The van der Waals surface area contributed by atoms with Crippen molar-refractivity contribution < 1.29 is 4.79 Å². The largest absolute Gasteiger partial charge is 0.339 e. The van der Waals surface area contributed by atoms with Gasteiger partial charge in [-0.3, -0.25) is 4.79 Å². The Bertz CT molecular complexity index is 1040. The predicted molar refractivity (Wildman–Crippen MR) is 115 cm³/mol. The molecule has 1 aliphatic heterocycles. The Morgan fingerprint density at radius 1 is 1.10 bits per heavy atom. The zero-order valence-corrected chi connectivity index (χ0v) is 17.3. The normalized spacial score (nSPS) is 17.8. The van der Waals surface area contributed by atoms with Gasteiger partial charge in [-0.1, -0.05) is 32.0 Å². The highest BCUT2D eigenvalue weighted by Crippen LogP contribution is 2.44. The van der Waals surface area contributed by atoms with Gasteiger partial charge in [0.25, 0.3) is 5.91 Å². The van der Waals surface area contributed by atoms with E-state index < -0.39 is 0 Å². The van der Waals surface area contributed by atoms with E-state index in [1.807, 2.05) is 33.8 Å². The minimum absolute atomic E-state index is 0.147. The van der Waals surface area contributed by atoms with Crippen LogP contribution >= 0.6 is 0 Å². The molecule has 1 saturated heterocycles. The Morgan fingerprint density at radius 2 is 1.83 bits per heavy atom. The molecule has 1 aliphatic carbocycles. The number of rotatable bonds is 4. The summed E-state index contributed by atoms with van der Waals surface area (Å²) < 4.78 is 1.94. The number of nitrogens with zero attached hydrogens (tertiary/aromatic N) is 4. The molecule has 2 aromatic heterocycles. The average Bonchev–Trinajstić information content (AvgIpc) is 3.54. The second kappa shape index (κ2) is 7.29. The minimum atomic E-state index is 0.147. The molecular formula is C24H28N4O. The van der Waals surface area contributed by atoms with Crippen LogP contribution in [0.4, 0.5) is 0 Å². The molecule has 0 atom stereocenters. The molecule has 1 saturated carbocycles. The van der Waals surface area contributed by atoms with Gasteiger partial charge in [-0.25, -0.2) is 9.67 Å². The third kappa shape index (κ3) is 3.33. The van der Waals surface area contributed by atoms with E-state index in [-0.39, 0.29) is 5.91 Å². The number of hydrogen-bond acceptors (Lipinski definition) is 3. The molecule has 2 fully saturated rings. The van der Waals surface area contributed by atoms with Crippen LogP contribution in [-0.2, 0) is 6.42 Å². The van der Waals surface area contributed by atoms with Gasteiger partial charge in [-0.15, -0.1) is 0 Å². The molecule has 1 amide bonds. The summed E-state index contributed by atoms with van der Waals surface area (Å²) in [6, 6.07) is 12.2. The number of piperidine rings is 1. The zero-order chi connectivity index (χ0) is 20.0. The van der Waals surface area contributed by atoms with Gasteiger partial charge in [-0.2, -0.15) is 5.10 Å². The maximum absolute atomic E-state index is 13.6. The van der Waals surface area contributed by atoms with E-state index in [0.717, 1.165) is 78.9 Å². The second-order valence-electron chi connectivity index (χ2n) is 8.59. The summed E-state index contributed by atoms with van der Waals surface area (Å²) in [7, 11) is 0. The van der Waals surface area contributed by atoms with Crippen LogP contribution in [0.3, 0.4) is 0 Å².